The Kier molecular flexibility index (Phi) is 4.45. The lowest BCUT2D eigenvalue weighted by Crippen LogP contribution is -2.09. The SMILES string of the molecule is O=C(O)/C=C/C(=O)Nc1cc(Br)cnc1Cl. The van der Waals surface area contributed by atoms with Gasteiger partial charge in [0.15, 0.2) is 5.15 Å². The van der Waals surface area contributed by atoms with Gasteiger partial charge in [0.25, 0.3) is 0 Å². The first kappa shape index (κ1) is 12.7. The predicted molar refractivity (Wildman–Crippen MR) is 62.4 cm³/mol. The Morgan fingerprint density at radius 1 is 1.50 bits per heavy atom. The number of aromatic nitrogens is 1. The number of carboxylic acid groups (broad SMARTS) is 1. The summed E-state index contributed by atoms with van der Waals surface area (Å²) in [7, 11) is 0. The number of carboxylic acids is 1. The zero-order chi connectivity index (χ0) is 12.1. The Bertz CT molecular complexity index is 462. The highest BCUT2D eigenvalue weighted by molar-refractivity contribution is 9.10. The van der Waals surface area contributed by atoms with E-state index in [0.29, 0.717) is 10.2 Å². The van der Waals surface area contributed by atoms with Crippen molar-refractivity contribution in [2.45, 2.75) is 0 Å². The molecule has 0 atom stereocenters. The summed E-state index contributed by atoms with van der Waals surface area (Å²) in [6, 6.07) is 1.56. The second kappa shape index (κ2) is 5.62. The quantitative estimate of drug-likeness (QED) is 0.662. The zero-order valence-electron chi connectivity index (χ0n) is 7.78. The predicted octanol–water partition coefficient (Wildman–Crippen LogP) is 2.08. The Hall–Kier alpha value is -1.40. The van der Waals surface area contributed by atoms with Gasteiger partial charge < -0.3 is 10.4 Å². The molecule has 0 aliphatic rings. The highest BCUT2D eigenvalue weighted by Crippen LogP contribution is 2.22. The van der Waals surface area contributed by atoms with Crippen LogP contribution in [0.15, 0.2) is 28.9 Å². The summed E-state index contributed by atoms with van der Waals surface area (Å²) in [6.07, 6.45) is 3.10. The van der Waals surface area contributed by atoms with Gasteiger partial charge in [0.1, 0.15) is 0 Å². The number of carbonyl (C=O) groups excluding carboxylic acids is 1. The first-order chi connectivity index (χ1) is 7.49. The molecule has 5 nitrogen and oxygen atoms in total. The van der Waals surface area contributed by atoms with Crippen LogP contribution in [-0.4, -0.2) is 22.0 Å². The topological polar surface area (TPSA) is 79.3 Å². The van der Waals surface area contributed by atoms with Gasteiger partial charge >= 0.3 is 5.97 Å². The number of nitrogens with one attached hydrogen (secondary N) is 1. The van der Waals surface area contributed by atoms with Gasteiger partial charge in [-0.15, -0.1) is 0 Å². The molecule has 0 unspecified atom stereocenters. The van der Waals surface area contributed by atoms with Gasteiger partial charge in [0.2, 0.25) is 5.91 Å². The summed E-state index contributed by atoms with van der Waals surface area (Å²) in [6.45, 7) is 0. The lowest BCUT2D eigenvalue weighted by Gasteiger charge is -2.03. The average Bonchev–Trinajstić information content (AvgIpc) is 2.20. The van der Waals surface area contributed by atoms with Crippen LogP contribution in [-0.2, 0) is 9.59 Å². The van der Waals surface area contributed by atoms with Gasteiger partial charge in [-0.3, -0.25) is 4.79 Å². The maximum Gasteiger partial charge on any atom is 0.328 e. The smallest absolute Gasteiger partial charge is 0.328 e. The van der Waals surface area contributed by atoms with E-state index in [1.807, 2.05) is 0 Å². The Morgan fingerprint density at radius 2 is 2.19 bits per heavy atom. The van der Waals surface area contributed by atoms with Crippen LogP contribution in [0.25, 0.3) is 0 Å². The molecule has 7 heteroatoms. The monoisotopic (exact) mass is 304 g/mol. The summed E-state index contributed by atoms with van der Waals surface area (Å²) in [5.41, 5.74) is 0.302. The molecule has 0 radical (unpaired) electrons. The van der Waals surface area contributed by atoms with Gasteiger partial charge in [0.05, 0.1) is 5.69 Å². The fraction of sp³-hybridized carbons (Fsp3) is 0. The molecule has 1 amide bonds. The standard InChI is InChI=1S/C9H6BrClN2O3/c10-5-3-6(9(11)12-4-5)13-7(14)1-2-8(15)16/h1-4H,(H,13,14)(H,15,16)/b2-1+. The summed E-state index contributed by atoms with van der Waals surface area (Å²) in [4.78, 5) is 25.2. The molecule has 0 aliphatic carbocycles. The fourth-order valence-corrected chi connectivity index (χ4v) is 1.31. The number of hydrogen-bond donors (Lipinski definition) is 2. The van der Waals surface area contributed by atoms with E-state index in [4.69, 9.17) is 16.7 Å². The van der Waals surface area contributed by atoms with Crippen molar-refractivity contribution in [3.05, 3.63) is 34.0 Å². The molecule has 1 heterocycles. The van der Waals surface area contributed by atoms with Crippen LogP contribution in [0.2, 0.25) is 5.15 Å². The van der Waals surface area contributed by atoms with E-state index in [2.05, 4.69) is 26.2 Å². The Morgan fingerprint density at radius 3 is 2.81 bits per heavy atom. The molecule has 2 N–H and O–H groups in total. The number of nitrogens with zero attached hydrogens (tertiary/aromatic N) is 1. The van der Waals surface area contributed by atoms with E-state index in [-0.39, 0.29) is 5.15 Å². The Balaban J connectivity index is 2.77. The third-order valence-electron chi connectivity index (χ3n) is 1.44. The maximum atomic E-state index is 11.2. The van der Waals surface area contributed by atoms with Crippen LogP contribution in [0.3, 0.4) is 0 Å². The van der Waals surface area contributed by atoms with Crippen molar-refractivity contribution in [3.8, 4) is 0 Å². The second-order valence-corrected chi connectivity index (χ2v) is 3.93. The van der Waals surface area contributed by atoms with Gasteiger partial charge in [-0.05, 0) is 22.0 Å². The molecule has 1 aromatic heterocycles. The average molecular weight is 306 g/mol. The molecule has 0 saturated carbocycles. The first-order valence-electron chi connectivity index (χ1n) is 4.02. The van der Waals surface area contributed by atoms with Gasteiger partial charge in [-0.2, -0.15) is 0 Å². The highest BCUT2D eigenvalue weighted by Gasteiger charge is 2.05. The third-order valence-corrected chi connectivity index (χ3v) is 2.18. The molecule has 0 saturated heterocycles. The molecular formula is C9H6BrClN2O3. The van der Waals surface area contributed by atoms with E-state index in [1.165, 1.54) is 6.20 Å². The number of amides is 1. The number of rotatable bonds is 3. The molecule has 0 bridgehead atoms. The van der Waals surface area contributed by atoms with Crippen molar-refractivity contribution in [1.82, 2.24) is 4.98 Å². The van der Waals surface area contributed by atoms with Crippen molar-refractivity contribution < 1.29 is 14.7 Å². The van der Waals surface area contributed by atoms with E-state index in [1.54, 1.807) is 6.07 Å². The third kappa shape index (κ3) is 4.00. The summed E-state index contributed by atoms with van der Waals surface area (Å²) in [5, 5.41) is 10.8. The van der Waals surface area contributed by atoms with Crippen molar-refractivity contribution in [3.63, 3.8) is 0 Å². The van der Waals surface area contributed by atoms with Crippen molar-refractivity contribution >= 4 is 45.1 Å². The molecule has 0 fully saturated rings. The van der Waals surface area contributed by atoms with Crippen molar-refractivity contribution in [2.75, 3.05) is 5.32 Å². The summed E-state index contributed by atoms with van der Waals surface area (Å²) < 4.78 is 0.648. The van der Waals surface area contributed by atoms with E-state index >= 15 is 0 Å². The minimum absolute atomic E-state index is 0.125. The molecule has 1 rings (SSSR count). The number of hydrogen-bond acceptors (Lipinski definition) is 3. The van der Waals surface area contributed by atoms with Crippen LogP contribution < -0.4 is 5.32 Å². The Labute approximate surface area is 104 Å². The molecule has 84 valence electrons. The second-order valence-electron chi connectivity index (χ2n) is 2.65. The van der Waals surface area contributed by atoms with E-state index in [0.717, 1.165) is 12.2 Å². The maximum absolute atomic E-state index is 11.2. The van der Waals surface area contributed by atoms with Gasteiger partial charge in [-0.1, -0.05) is 11.6 Å². The molecule has 0 aliphatic heterocycles. The first-order valence-corrected chi connectivity index (χ1v) is 5.19. The molecule has 0 spiro atoms. The van der Waals surface area contributed by atoms with Crippen LogP contribution in [0.5, 0.6) is 0 Å². The van der Waals surface area contributed by atoms with Crippen LogP contribution >= 0.6 is 27.5 Å². The van der Waals surface area contributed by atoms with Gasteiger partial charge in [0, 0.05) is 22.8 Å². The summed E-state index contributed by atoms with van der Waals surface area (Å²) >= 11 is 8.88. The molecule has 1 aromatic rings. The van der Waals surface area contributed by atoms with Crippen LogP contribution in [0, 0.1) is 0 Å². The largest absolute Gasteiger partial charge is 0.478 e. The zero-order valence-corrected chi connectivity index (χ0v) is 10.1. The van der Waals surface area contributed by atoms with Gasteiger partial charge in [-0.25, -0.2) is 9.78 Å². The summed E-state index contributed by atoms with van der Waals surface area (Å²) in [5.74, 6) is -1.79. The number of anilines is 1. The number of pyridine rings is 1. The minimum Gasteiger partial charge on any atom is -0.478 e. The molecule has 0 aromatic carbocycles. The minimum atomic E-state index is -1.20. The van der Waals surface area contributed by atoms with E-state index < -0.39 is 11.9 Å². The lowest BCUT2D eigenvalue weighted by molar-refractivity contribution is -0.131. The molecule has 16 heavy (non-hydrogen) atoms. The van der Waals surface area contributed by atoms with Crippen molar-refractivity contribution in [1.29, 1.82) is 0 Å². The molecular weight excluding hydrogens is 299 g/mol. The fourth-order valence-electron chi connectivity index (χ4n) is 0.832. The lowest BCUT2D eigenvalue weighted by atomic mass is 10.4. The van der Waals surface area contributed by atoms with Crippen LogP contribution in [0.1, 0.15) is 0 Å². The number of aliphatic carboxylic acids is 1. The number of carbonyl (C=O) groups is 2. The van der Waals surface area contributed by atoms with E-state index in [9.17, 15) is 9.59 Å². The number of halogens is 2. The highest BCUT2D eigenvalue weighted by atomic mass is 79.9. The van der Waals surface area contributed by atoms with Crippen molar-refractivity contribution in [2.24, 2.45) is 0 Å². The normalized spacial score (nSPS) is 10.4. The van der Waals surface area contributed by atoms with Crippen LogP contribution in [0.4, 0.5) is 5.69 Å².